The van der Waals surface area contributed by atoms with Gasteiger partial charge in [0.2, 0.25) is 0 Å². The van der Waals surface area contributed by atoms with Crippen LogP contribution >= 0.6 is 0 Å². The lowest BCUT2D eigenvalue weighted by atomic mass is 9.99. The summed E-state index contributed by atoms with van der Waals surface area (Å²) in [6.07, 6.45) is 0. The minimum Gasteiger partial charge on any atom is -0.456 e. The molecule has 0 amide bonds. The first-order valence-corrected chi connectivity index (χ1v) is 16.3. The van der Waals surface area contributed by atoms with Crippen LogP contribution in [-0.4, -0.2) is 0 Å². The smallest absolute Gasteiger partial charge is 0.137 e. The van der Waals surface area contributed by atoms with Crippen molar-refractivity contribution in [3.63, 3.8) is 0 Å². The van der Waals surface area contributed by atoms with Gasteiger partial charge in [0.15, 0.2) is 0 Å². The molecule has 48 heavy (non-hydrogen) atoms. The number of furan rings is 1. The van der Waals surface area contributed by atoms with Crippen LogP contribution in [0.15, 0.2) is 192 Å². The Morgan fingerprint density at radius 1 is 0.333 bits per heavy atom. The average molecular weight is 614 g/mol. The Balaban J connectivity index is 1.19. The standard InChI is InChI=1S/C46H31NO/c1-3-11-32(12-4-1)34-21-23-35(24-22-34)36-25-28-39(29-26-36)47(42-18-9-16-37-15-7-8-17-40(37)42)43-19-10-20-44-46(43)41-30-27-38(31-45(41)48-44)33-13-5-2-6-14-33/h1-31H. The summed E-state index contributed by atoms with van der Waals surface area (Å²) in [6, 6.07) is 66.8. The van der Waals surface area contributed by atoms with Gasteiger partial charge in [-0.15, -0.1) is 0 Å². The molecule has 0 atom stereocenters. The van der Waals surface area contributed by atoms with E-state index in [0.29, 0.717) is 0 Å². The van der Waals surface area contributed by atoms with E-state index in [1.54, 1.807) is 0 Å². The van der Waals surface area contributed by atoms with E-state index in [4.69, 9.17) is 4.42 Å². The molecule has 0 saturated carbocycles. The number of benzene rings is 8. The summed E-state index contributed by atoms with van der Waals surface area (Å²) in [5.41, 5.74) is 12.2. The second kappa shape index (κ2) is 11.8. The van der Waals surface area contributed by atoms with E-state index >= 15 is 0 Å². The maximum Gasteiger partial charge on any atom is 0.137 e. The molecule has 226 valence electrons. The lowest BCUT2D eigenvalue weighted by Gasteiger charge is -2.27. The molecule has 2 heteroatoms. The van der Waals surface area contributed by atoms with Crippen LogP contribution in [0.2, 0.25) is 0 Å². The Morgan fingerprint density at radius 3 is 1.56 bits per heavy atom. The molecule has 0 aliphatic rings. The summed E-state index contributed by atoms with van der Waals surface area (Å²) in [6.45, 7) is 0. The summed E-state index contributed by atoms with van der Waals surface area (Å²) >= 11 is 0. The van der Waals surface area contributed by atoms with Gasteiger partial charge in [0.05, 0.1) is 16.8 Å². The zero-order valence-electron chi connectivity index (χ0n) is 26.3. The maximum absolute atomic E-state index is 6.56. The van der Waals surface area contributed by atoms with Crippen molar-refractivity contribution in [2.75, 3.05) is 4.90 Å². The fraction of sp³-hybridized carbons (Fsp3) is 0. The minimum atomic E-state index is 0.869. The quantitative estimate of drug-likeness (QED) is 0.185. The summed E-state index contributed by atoms with van der Waals surface area (Å²) in [4.78, 5) is 2.38. The highest BCUT2D eigenvalue weighted by atomic mass is 16.3. The van der Waals surface area contributed by atoms with E-state index < -0.39 is 0 Å². The number of hydrogen-bond donors (Lipinski definition) is 0. The van der Waals surface area contributed by atoms with E-state index in [1.165, 1.54) is 38.6 Å². The first-order valence-electron chi connectivity index (χ1n) is 16.3. The number of hydrogen-bond acceptors (Lipinski definition) is 2. The van der Waals surface area contributed by atoms with E-state index in [1.807, 2.05) is 6.07 Å². The van der Waals surface area contributed by atoms with Gasteiger partial charge in [0, 0.05) is 16.5 Å². The van der Waals surface area contributed by atoms with Crippen LogP contribution in [0.3, 0.4) is 0 Å². The molecule has 0 N–H and O–H groups in total. The highest BCUT2D eigenvalue weighted by Gasteiger charge is 2.21. The summed E-state index contributed by atoms with van der Waals surface area (Å²) in [7, 11) is 0. The third kappa shape index (κ3) is 4.92. The van der Waals surface area contributed by atoms with Crippen LogP contribution in [0.4, 0.5) is 17.1 Å². The second-order valence-corrected chi connectivity index (χ2v) is 12.2. The van der Waals surface area contributed by atoms with Crippen molar-refractivity contribution in [3.8, 4) is 33.4 Å². The average Bonchev–Trinajstić information content (AvgIpc) is 3.55. The van der Waals surface area contributed by atoms with Gasteiger partial charge in [-0.2, -0.15) is 0 Å². The molecule has 0 spiro atoms. The lowest BCUT2D eigenvalue weighted by Crippen LogP contribution is -2.10. The highest BCUT2D eigenvalue weighted by molar-refractivity contribution is 6.15. The Labute approximate surface area is 279 Å². The number of rotatable bonds is 6. The molecule has 1 heterocycles. The summed E-state index contributed by atoms with van der Waals surface area (Å²) < 4.78 is 6.56. The zero-order valence-corrected chi connectivity index (χ0v) is 26.3. The fourth-order valence-corrected chi connectivity index (χ4v) is 6.90. The third-order valence-electron chi connectivity index (χ3n) is 9.28. The van der Waals surface area contributed by atoms with Crippen LogP contribution in [0.1, 0.15) is 0 Å². The number of nitrogens with zero attached hydrogens (tertiary/aromatic N) is 1. The highest BCUT2D eigenvalue weighted by Crippen LogP contribution is 2.45. The molecule has 9 aromatic rings. The van der Waals surface area contributed by atoms with E-state index in [9.17, 15) is 0 Å². The van der Waals surface area contributed by atoms with Crippen LogP contribution in [0.5, 0.6) is 0 Å². The second-order valence-electron chi connectivity index (χ2n) is 12.2. The molecule has 8 aromatic carbocycles. The van der Waals surface area contributed by atoms with Crippen molar-refractivity contribution >= 4 is 49.8 Å². The predicted molar refractivity (Wildman–Crippen MR) is 202 cm³/mol. The zero-order chi connectivity index (χ0) is 31.9. The van der Waals surface area contributed by atoms with Gasteiger partial charge in [0.1, 0.15) is 11.2 Å². The minimum absolute atomic E-state index is 0.869. The topological polar surface area (TPSA) is 16.4 Å². The fourth-order valence-electron chi connectivity index (χ4n) is 6.90. The molecule has 0 saturated heterocycles. The van der Waals surface area contributed by atoms with Gasteiger partial charge >= 0.3 is 0 Å². The van der Waals surface area contributed by atoms with Crippen LogP contribution in [0.25, 0.3) is 66.1 Å². The Bertz CT molecular complexity index is 2530. The van der Waals surface area contributed by atoms with Crippen molar-refractivity contribution in [1.82, 2.24) is 0 Å². The van der Waals surface area contributed by atoms with Crippen molar-refractivity contribution in [1.29, 1.82) is 0 Å². The molecule has 2 nitrogen and oxygen atoms in total. The maximum atomic E-state index is 6.56. The number of fused-ring (bicyclic) bond motifs is 4. The van der Waals surface area contributed by atoms with Crippen molar-refractivity contribution in [2.24, 2.45) is 0 Å². The van der Waals surface area contributed by atoms with Crippen LogP contribution < -0.4 is 4.90 Å². The molecule has 1 aromatic heterocycles. The van der Waals surface area contributed by atoms with Gasteiger partial charge in [0.25, 0.3) is 0 Å². The molecule has 0 aliphatic carbocycles. The van der Waals surface area contributed by atoms with Crippen molar-refractivity contribution in [3.05, 3.63) is 188 Å². The first kappa shape index (κ1) is 27.9. The molecule has 0 radical (unpaired) electrons. The molecular formula is C46H31NO. The molecule has 0 unspecified atom stereocenters. The molecule has 0 aliphatic heterocycles. The third-order valence-corrected chi connectivity index (χ3v) is 9.28. The summed E-state index contributed by atoms with van der Waals surface area (Å²) in [5, 5.41) is 4.59. The molecule has 0 fully saturated rings. The Morgan fingerprint density at radius 2 is 0.854 bits per heavy atom. The van der Waals surface area contributed by atoms with Gasteiger partial charge < -0.3 is 9.32 Å². The van der Waals surface area contributed by atoms with Gasteiger partial charge in [-0.05, 0) is 81.2 Å². The van der Waals surface area contributed by atoms with Crippen molar-refractivity contribution in [2.45, 2.75) is 0 Å². The van der Waals surface area contributed by atoms with E-state index in [0.717, 1.165) is 44.6 Å². The van der Waals surface area contributed by atoms with E-state index in [2.05, 4.69) is 187 Å². The van der Waals surface area contributed by atoms with Crippen molar-refractivity contribution < 1.29 is 4.42 Å². The molecular weight excluding hydrogens is 583 g/mol. The largest absolute Gasteiger partial charge is 0.456 e. The van der Waals surface area contributed by atoms with Gasteiger partial charge in [-0.1, -0.05) is 146 Å². The normalized spacial score (nSPS) is 11.3. The van der Waals surface area contributed by atoms with E-state index in [-0.39, 0.29) is 0 Å². The van der Waals surface area contributed by atoms with Crippen LogP contribution in [-0.2, 0) is 0 Å². The SMILES string of the molecule is c1ccc(-c2ccc(-c3ccc(N(c4cccc5ccccc45)c4cccc5oc6cc(-c7ccccc7)ccc6c45)cc3)cc2)cc1. The summed E-state index contributed by atoms with van der Waals surface area (Å²) in [5.74, 6) is 0. The predicted octanol–water partition coefficient (Wildman–Crippen LogP) is 13.2. The molecule has 9 rings (SSSR count). The monoisotopic (exact) mass is 613 g/mol. The first-order chi connectivity index (χ1) is 23.8. The van der Waals surface area contributed by atoms with Gasteiger partial charge in [-0.25, -0.2) is 0 Å². The Hall–Kier alpha value is -6.38. The van der Waals surface area contributed by atoms with Gasteiger partial charge in [-0.3, -0.25) is 0 Å². The lowest BCUT2D eigenvalue weighted by molar-refractivity contribution is 0.669. The van der Waals surface area contributed by atoms with Crippen LogP contribution in [0, 0.1) is 0 Å². The molecule has 0 bridgehead atoms. The Kier molecular flexibility index (Phi) is 6.84. The number of anilines is 3.